The fourth-order valence-electron chi connectivity index (χ4n) is 5.91. The average Bonchev–Trinajstić information content (AvgIpc) is 3.17. The van der Waals surface area contributed by atoms with Crippen LogP contribution in [-0.4, -0.2) is 151 Å². The van der Waals surface area contributed by atoms with Crippen LogP contribution < -0.4 is 4.74 Å². The Hall–Kier alpha value is -4.54. The van der Waals surface area contributed by atoms with Gasteiger partial charge in [0, 0.05) is 0 Å². The highest BCUT2D eigenvalue weighted by atomic mass is 16.7. The summed E-state index contributed by atoms with van der Waals surface area (Å²) in [7, 11) is 0. The number of carbonyl (C=O) groups excluding carboxylic acids is 4. The zero-order valence-electron chi connectivity index (χ0n) is 35.8. The van der Waals surface area contributed by atoms with Gasteiger partial charge >= 0.3 is 23.9 Å². The minimum Gasteiger partial charge on any atom is -0.508 e. The maximum absolute atomic E-state index is 12.0. The van der Waals surface area contributed by atoms with E-state index in [9.17, 15) is 60.0 Å². The molecule has 2 aliphatic rings. The second kappa shape index (κ2) is 23.2. The van der Waals surface area contributed by atoms with Crippen molar-refractivity contribution in [2.45, 2.75) is 147 Å². The van der Waals surface area contributed by atoms with E-state index in [1.807, 2.05) is 37.3 Å². The van der Waals surface area contributed by atoms with Crippen LogP contribution in [0.1, 0.15) is 83.9 Å². The first-order chi connectivity index (χ1) is 28.8. The van der Waals surface area contributed by atoms with Crippen molar-refractivity contribution in [1.82, 2.24) is 0 Å². The van der Waals surface area contributed by atoms with Crippen molar-refractivity contribution in [3.63, 3.8) is 0 Å². The van der Waals surface area contributed by atoms with Crippen LogP contribution in [-0.2, 0) is 47.6 Å². The summed E-state index contributed by atoms with van der Waals surface area (Å²) in [5, 5.41) is 79.0. The molecule has 10 atom stereocenters. The molecule has 2 aliphatic heterocycles. The molecular formula is C43H60O19. The number of aryl methyl sites for hydroxylation is 1. The predicted molar refractivity (Wildman–Crippen MR) is 216 cm³/mol. The Morgan fingerprint density at radius 3 is 1.74 bits per heavy atom. The maximum Gasteiger partial charge on any atom is 0.311 e. The highest BCUT2D eigenvalue weighted by Gasteiger charge is 2.50. The smallest absolute Gasteiger partial charge is 0.311 e. The lowest BCUT2D eigenvalue weighted by Crippen LogP contribution is -2.64. The normalized spacial score (nSPS) is 26.5. The Kier molecular flexibility index (Phi) is 19.4. The number of rotatable bonds is 14. The summed E-state index contributed by atoms with van der Waals surface area (Å²) >= 11 is 0. The first-order valence-electron chi connectivity index (χ1n) is 19.9. The Labute approximate surface area is 359 Å². The van der Waals surface area contributed by atoms with Gasteiger partial charge < -0.3 is 74.0 Å². The molecule has 10 unspecified atom stereocenters. The van der Waals surface area contributed by atoms with E-state index < -0.39 is 110 Å². The molecule has 0 aromatic heterocycles. The summed E-state index contributed by atoms with van der Waals surface area (Å²) in [4.78, 5) is 47.3. The number of hydrogen-bond donors (Lipinski definition) is 8. The van der Waals surface area contributed by atoms with E-state index in [0.717, 1.165) is 16.7 Å². The van der Waals surface area contributed by atoms with Gasteiger partial charge in [-0.05, 0) is 89.4 Å². The van der Waals surface area contributed by atoms with Crippen molar-refractivity contribution in [3.8, 4) is 11.5 Å². The van der Waals surface area contributed by atoms with E-state index in [1.54, 1.807) is 65.8 Å². The number of aliphatic hydroxyl groups excluding tert-OH is 7. The van der Waals surface area contributed by atoms with Gasteiger partial charge in [-0.15, -0.1) is 0 Å². The molecular weight excluding hydrogens is 820 g/mol. The number of phenols is 1. The number of ether oxygens (including phenoxy) is 7. The third kappa shape index (κ3) is 17.3. The van der Waals surface area contributed by atoms with Crippen molar-refractivity contribution in [1.29, 1.82) is 0 Å². The number of hydrogen-bond acceptors (Lipinski definition) is 19. The third-order valence-corrected chi connectivity index (χ3v) is 8.78. The lowest BCUT2D eigenvalue weighted by atomic mass is 9.97. The average molecular weight is 881 g/mol. The number of phenolic OH excluding ortho intramolecular Hbond substituents is 1. The fourth-order valence-corrected chi connectivity index (χ4v) is 5.91. The molecule has 0 radical (unpaired) electrons. The van der Waals surface area contributed by atoms with Crippen LogP contribution in [0.4, 0.5) is 0 Å². The molecule has 2 saturated heterocycles. The van der Waals surface area contributed by atoms with Gasteiger partial charge in [-0.3, -0.25) is 19.2 Å². The number of esters is 4. The number of benzene rings is 2. The molecule has 2 aromatic carbocycles. The monoisotopic (exact) mass is 880 g/mol. The summed E-state index contributed by atoms with van der Waals surface area (Å²) < 4.78 is 36.4. The number of aromatic hydroxyl groups is 1. The summed E-state index contributed by atoms with van der Waals surface area (Å²) in [5.41, 5.74) is 1.51. The molecule has 2 heterocycles. The zero-order chi connectivity index (χ0) is 46.5. The maximum atomic E-state index is 12.0. The van der Waals surface area contributed by atoms with Crippen LogP contribution in [0.15, 0.2) is 42.5 Å². The first-order valence-corrected chi connectivity index (χ1v) is 19.9. The Balaban J connectivity index is 0.000000336. The minimum absolute atomic E-state index is 0.0136. The zero-order valence-corrected chi connectivity index (χ0v) is 35.8. The highest BCUT2D eigenvalue weighted by Crippen LogP contribution is 2.29. The predicted octanol–water partition coefficient (Wildman–Crippen LogP) is 1.17. The van der Waals surface area contributed by atoms with Gasteiger partial charge in [0.25, 0.3) is 0 Å². The van der Waals surface area contributed by atoms with Gasteiger partial charge in [0.05, 0.1) is 32.3 Å². The Morgan fingerprint density at radius 1 is 0.645 bits per heavy atom. The second-order valence-corrected chi connectivity index (χ2v) is 16.7. The molecule has 0 amide bonds. The summed E-state index contributed by atoms with van der Waals surface area (Å²) in [6, 6.07) is 12.4. The van der Waals surface area contributed by atoms with Crippen LogP contribution in [0.3, 0.4) is 0 Å². The highest BCUT2D eigenvalue weighted by molar-refractivity contribution is 5.79. The van der Waals surface area contributed by atoms with E-state index in [1.165, 1.54) is 0 Å². The molecule has 4 rings (SSSR count). The van der Waals surface area contributed by atoms with Crippen molar-refractivity contribution < 1.29 is 93.2 Å². The minimum atomic E-state index is -1.87. The quantitative estimate of drug-likeness (QED) is 0.0572. The Morgan fingerprint density at radius 2 is 1.19 bits per heavy atom. The van der Waals surface area contributed by atoms with Gasteiger partial charge in [-0.1, -0.05) is 30.4 Å². The van der Waals surface area contributed by atoms with Gasteiger partial charge in [-0.25, -0.2) is 0 Å². The lowest BCUT2D eigenvalue weighted by molar-refractivity contribution is -0.355. The molecule has 0 spiro atoms. The van der Waals surface area contributed by atoms with Crippen LogP contribution in [0.5, 0.6) is 11.5 Å². The van der Waals surface area contributed by atoms with Gasteiger partial charge in [0.1, 0.15) is 78.1 Å². The van der Waals surface area contributed by atoms with Crippen molar-refractivity contribution in [2.24, 2.45) is 0 Å². The summed E-state index contributed by atoms with van der Waals surface area (Å²) in [5.74, 6) is -1.70. The second-order valence-electron chi connectivity index (χ2n) is 16.7. The standard InChI is InChI=1S/C23H26O5.C20H34O14/c1-16-13-18(15-19(24)14-16)6-5-17-7-9-20(10-8-17)27-21(25)11-12-22(26)28-23(2,3)4;1-20(2,3)34-11(23)5-4-10(22)30-7-9-17(14(26)15(27)18(29)31-9)33-19-16(28)13(25)12(24)8(6-21)32-19/h5-10,13-15,24H,11-12H2,1-4H3;8-9,12-19,21,24-29H,4-7H2,1-3H3/b6-5+;. The van der Waals surface area contributed by atoms with E-state index in [4.69, 9.17) is 33.2 Å². The fraction of sp³-hybridized carbons (Fsp3) is 0.581. The molecule has 19 nitrogen and oxygen atoms in total. The van der Waals surface area contributed by atoms with E-state index >= 15 is 0 Å². The van der Waals surface area contributed by atoms with Crippen molar-refractivity contribution >= 4 is 36.0 Å². The van der Waals surface area contributed by atoms with E-state index in [-0.39, 0.29) is 31.4 Å². The van der Waals surface area contributed by atoms with Crippen molar-refractivity contribution in [2.75, 3.05) is 13.2 Å². The van der Waals surface area contributed by atoms with E-state index in [0.29, 0.717) is 5.75 Å². The van der Waals surface area contributed by atoms with Crippen molar-refractivity contribution in [3.05, 3.63) is 59.2 Å². The van der Waals surface area contributed by atoms with E-state index in [2.05, 4.69) is 0 Å². The molecule has 62 heavy (non-hydrogen) atoms. The molecule has 0 aliphatic carbocycles. The Bertz CT molecular complexity index is 1780. The molecule has 0 bridgehead atoms. The molecule has 346 valence electrons. The van der Waals surface area contributed by atoms with Crippen LogP contribution in [0.2, 0.25) is 0 Å². The molecule has 0 saturated carbocycles. The van der Waals surface area contributed by atoms with Crippen LogP contribution in [0, 0.1) is 6.92 Å². The third-order valence-electron chi connectivity index (χ3n) is 8.78. The van der Waals surface area contributed by atoms with Gasteiger partial charge in [0.2, 0.25) is 0 Å². The molecule has 8 N–H and O–H groups in total. The first kappa shape index (κ1) is 51.8. The molecule has 2 aromatic rings. The largest absolute Gasteiger partial charge is 0.508 e. The van der Waals surface area contributed by atoms with Gasteiger partial charge in [-0.2, -0.15) is 0 Å². The van der Waals surface area contributed by atoms with Crippen LogP contribution >= 0.6 is 0 Å². The molecule has 19 heteroatoms. The molecule has 2 fully saturated rings. The number of carbonyl (C=O) groups is 4. The topological polar surface area (TPSA) is 295 Å². The summed E-state index contributed by atoms with van der Waals surface area (Å²) in [6.45, 7) is 11.0. The summed E-state index contributed by atoms with van der Waals surface area (Å²) in [6.07, 6.45) is -13.5. The lowest BCUT2D eigenvalue weighted by Gasteiger charge is -2.45. The SMILES string of the molecule is CC(C)(C)OC(=O)CCC(=O)OCC1OC(O)C(O)C(O)C1OC1OC(CO)C(O)C(O)C1O.Cc1cc(O)cc(/C=C/c2ccc(OC(=O)CCC(=O)OC(C)(C)C)cc2)c1. The van der Waals surface area contributed by atoms with Crippen LogP contribution in [0.25, 0.3) is 12.2 Å². The van der Waals surface area contributed by atoms with Gasteiger partial charge in [0.15, 0.2) is 12.6 Å². The number of aliphatic hydroxyl groups is 7.